The highest BCUT2D eigenvalue weighted by molar-refractivity contribution is 5.89. The molecule has 0 saturated carbocycles. The molecule has 0 aliphatic rings. The van der Waals surface area contributed by atoms with Crippen LogP contribution in [0.5, 0.6) is 11.5 Å². The Morgan fingerprint density at radius 2 is 1.79 bits per heavy atom. The molecule has 0 radical (unpaired) electrons. The molecule has 29 heavy (non-hydrogen) atoms. The van der Waals surface area contributed by atoms with Crippen LogP contribution in [0, 0.1) is 0 Å². The van der Waals surface area contributed by atoms with Crippen molar-refractivity contribution in [2.75, 3.05) is 46.7 Å². The molecule has 0 aliphatic heterocycles. The second-order valence-electron chi connectivity index (χ2n) is 5.76. The van der Waals surface area contributed by atoms with E-state index in [-0.39, 0.29) is 13.2 Å². The maximum atomic E-state index is 11.9. The lowest BCUT2D eigenvalue weighted by atomic mass is 10.1. The number of hydrogen-bond acceptors (Lipinski definition) is 7. The fourth-order valence-corrected chi connectivity index (χ4v) is 2.42. The van der Waals surface area contributed by atoms with Gasteiger partial charge < -0.3 is 29.0 Å². The molecule has 8 nitrogen and oxygen atoms in total. The van der Waals surface area contributed by atoms with E-state index in [4.69, 9.17) is 23.7 Å². The van der Waals surface area contributed by atoms with Crippen molar-refractivity contribution in [3.63, 3.8) is 0 Å². The van der Waals surface area contributed by atoms with Gasteiger partial charge in [-0.3, -0.25) is 0 Å². The van der Waals surface area contributed by atoms with E-state index >= 15 is 0 Å². The van der Waals surface area contributed by atoms with Crippen molar-refractivity contribution in [2.24, 2.45) is 0 Å². The SMILES string of the molecule is C=CC(=O)OCCOCCOCCNC(=O)Oc1ccc2c(OC)cccc2c1. The highest BCUT2D eigenvalue weighted by Crippen LogP contribution is 2.28. The smallest absolute Gasteiger partial charge is 0.412 e. The van der Waals surface area contributed by atoms with Gasteiger partial charge in [0, 0.05) is 18.0 Å². The number of hydrogen-bond donors (Lipinski definition) is 1. The standard InChI is InChI=1S/C21H25NO7/c1-3-20(23)28-14-13-27-12-11-26-10-9-22-21(24)29-17-7-8-18-16(15-17)5-4-6-19(18)25-2/h3-8,15H,1,9-14H2,2H3,(H,22,24). The molecule has 0 aromatic heterocycles. The van der Waals surface area contributed by atoms with Crippen molar-refractivity contribution in [2.45, 2.75) is 0 Å². The van der Waals surface area contributed by atoms with Crippen LogP contribution in [-0.4, -0.2) is 58.8 Å². The molecular weight excluding hydrogens is 378 g/mol. The van der Waals surface area contributed by atoms with Gasteiger partial charge in [0.25, 0.3) is 0 Å². The Bertz CT molecular complexity index is 822. The van der Waals surface area contributed by atoms with Crippen LogP contribution in [0.4, 0.5) is 4.79 Å². The summed E-state index contributed by atoms with van der Waals surface area (Å²) in [6.45, 7) is 5.08. The number of nitrogens with one attached hydrogen (secondary N) is 1. The Morgan fingerprint density at radius 3 is 2.55 bits per heavy atom. The van der Waals surface area contributed by atoms with E-state index in [1.807, 2.05) is 24.3 Å². The van der Waals surface area contributed by atoms with Gasteiger partial charge >= 0.3 is 12.1 Å². The highest BCUT2D eigenvalue weighted by Gasteiger charge is 2.06. The number of benzene rings is 2. The normalized spacial score (nSPS) is 10.4. The molecule has 0 heterocycles. The van der Waals surface area contributed by atoms with Crippen molar-refractivity contribution in [1.82, 2.24) is 5.32 Å². The second kappa shape index (κ2) is 12.4. The van der Waals surface area contributed by atoms with Crippen LogP contribution < -0.4 is 14.8 Å². The second-order valence-corrected chi connectivity index (χ2v) is 5.76. The lowest BCUT2D eigenvalue weighted by molar-refractivity contribution is -0.139. The number of carbonyl (C=O) groups excluding carboxylic acids is 2. The molecule has 2 rings (SSSR count). The minimum Gasteiger partial charge on any atom is -0.496 e. The fourth-order valence-electron chi connectivity index (χ4n) is 2.42. The van der Waals surface area contributed by atoms with Crippen molar-refractivity contribution >= 4 is 22.8 Å². The molecule has 0 fully saturated rings. The third kappa shape index (κ3) is 7.81. The van der Waals surface area contributed by atoms with Crippen molar-refractivity contribution in [3.05, 3.63) is 49.1 Å². The van der Waals surface area contributed by atoms with Crippen LogP contribution in [0.2, 0.25) is 0 Å². The lowest BCUT2D eigenvalue weighted by Gasteiger charge is -2.09. The maximum Gasteiger partial charge on any atom is 0.412 e. The van der Waals surface area contributed by atoms with Gasteiger partial charge in [-0.2, -0.15) is 0 Å². The first kappa shape index (κ1) is 22.2. The number of ether oxygens (including phenoxy) is 5. The first-order valence-corrected chi connectivity index (χ1v) is 9.11. The van der Waals surface area contributed by atoms with Gasteiger partial charge in [0.1, 0.15) is 18.1 Å². The monoisotopic (exact) mass is 403 g/mol. The van der Waals surface area contributed by atoms with Crippen LogP contribution in [-0.2, 0) is 19.0 Å². The molecule has 0 aliphatic carbocycles. The Labute approximate surface area is 169 Å². The van der Waals surface area contributed by atoms with Gasteiger partial charge in [-0.25, -0.2) is 9.59 Å². The van der Waals surface area contributed by atoms with E-state index in [9.17, 15) is 9.59 Å². The van der Waals surface area contributed by atoms with E-state index in [1.165, 1.54) is 0 Å². The van der Waals surface area contributed by atoms with E-state index in [0.717, 1.165) is 22.6 Å². The zero-order chi connectivity index (χ0) is 20.9. The molecular formula is C21H25NO7. The largest absolute Gasteiger partial charge is 0.496 e. The molecule has 0 bridgehead atoms. The maximum absolute atomic E-state index is 11.9. The summed E-state index contributed by atoms with van der Waals surface area (Å²) in [6, 6.07) is 11.0. The molecule has 1 amide bonds. The summed E-state index contributed by atoms with van der Waals surface area (Å²) in [5.74, 6) is 0.721. The summed E-state index contributed by atoms with van der Waals surface area (Å²) < 4.78 is 25.9. The molecule has 0 atom stereocenters. The average Bonchev–Trinajstić information content (AvgIpc) is 2.74. The van der Waals surface area contributed by atoms with E-state index in [1.54, 1.807) is 19.2 Å². The van der Waals surface area contributed by atoms with Gasteiger partial charge in [0.15, 0.2) is 0 Å². The van der Waals surface area contributed by atoms with Crippen LogP contribution >= 0.6 is 0 Å². The van der Waals surface area contributed by atoms with E-state index in [0.29, 0.717) is 32.1 Å². The van der Waals surface area contributed by atoms with E-state index < -0.39 is 12.1 Å². The zero-order valence-corrected chi connectivity index (χ0v) is 16.3. The first-order valence-electron chi connectivity index (χ1n) is 9.11. The average molecular weight is 403 g/mol. The summed E-state index contributed by atoms with van der Waals surface area (Å²) >= 11 is 0. The number of amides is 1. The van der Waals surface area contributed by atoms with Gasteiger partial charge in [-0.1, -0.05) is 18.7 Å². The van der Waals surface area contributed by atoms with Crippen LogP contribution in [0.15, 0.2) is 49.1 Å². The predicted octanol–water partition coefficient (Wildman–Crippen LogP) is 2.70. The number of methoxy groups -OCH3 is 1. The summed E-state index contributed by atoms with van der Waals surface area (Å²) in [4.78, 5) is 22.7. The summed E-state index contributed by atoms with van der Waals surface area (Å²) in [6.07, 6.45) is 0.536. The van der Waals surface area contributed by atoms with Gasteiger partial charge in [-0.15, -0.1) is 0 Å². The van der Waals surface area contributed by atoms with Crippen LogP contribution in [0.25, 0.3) is 10.8 Å². The quantitative estimate of drug-likeness (QED) is 0.331. The molecule has 2 aromatic carbocycles. The Morgan fingerprint density at radius 1 is 1.03 bits per heavy atom. The minimum absolute atomic E-state index is 0.166. The minimum atomic E-state index is -0.559. The third-order valence-electron chi connectivity index (χ3n) is 3.77. The van der Waals surface area contributed by atoms with Crippen molar-refractivity contribution < 1.29 is 33.3 Å². The lowest BCUT2D eigenvalue weighted by Crippen LogP contribution is -2.30. The predicted molar refractivity (Wildman–Crippen MR) is 107 cm³/mol. The molecule has 8 heteroatoms. The van der Waals surface area contributed by atoms with Crippen molar-refractivity contribution in [3.8, 4) is 11.5 Å². The molecule has 156 valence electrons. The van der Waals surface area contributed by atoms with Gasteiger partial charge in [0.05, 0.1) is 33.5 Å². The third-order valence-corrected chi connectivity index (χ3v) is 3.77. The number of fused-ring (bicyclic) bond motifs is 1. The Hall–Kier alpha value is -3.10. The zero-order valence-electron chi connectivity index (χ0n) is 16.3. The Balaban J connectivity index is 1.58. The molecule has 0 spiro atoms. The summed E-state index contributed by atoms with van der Waals surface area (Å²) in [5.41, 5.74) is 0. The van der Waals surface area contributed by atoms with Crippen molar-refractivity contribution in [1.29, 1.82) is 0 Å². The molecule has 0 saturated heterocycles. The van der Waals surface area contributed by atoms with E-state index in [2.05, 4.69) is 11.9 Å². The number of esters is 1. The van der Waals surface area contributed by atoms with Crippen LogP contribution in [0.3, 0.4) is 0 Å². The number of rotatable bonds is 12. The molecule has 1 N–H and O–H groups in total. The van der Waals surface area contributed by atoms with Crippen LogP contribution in [0.1, 0.15) is 0 Å². The fraction of sp³-hybridized carbons (Fsp3) is 0.333. The first-order chi connectivity index (χ1) is 14.1. The molecule has 0 unspecified atom stereocenters. The Kier molecular flexibility index (Phi) is 9.47. The van der Waals surface area contributed by atoms with Gasteiger partial charge in [0.2, 0.25) is 0 Å². The summed E-state index contributed by atoms with van der Waals surface area (Å²) in [5, 5.41) is 4.47. The number of carbonyl (C=O) groups is 2. The summed E-state index contributed by atoms with van der Waals surface area (Å²) in [7, 11) is 1.61. The highest BCUT2D eigenvalue weighted by atomic mass is 16.6. The topological polar surface area (TPSA) is 92.3 Å². The van der Waals surface area contributed by atoms with Gasteiger partial charge in [-0.05, 0) is 29.7 Å². The molecule has 2 aromatic rings.